The zero-order chi connectivity index (χ0) is 24.3. The smallest absolute Gasteiger partial charge is 0.379 e. The average molecular weight is 466 g/mol. The predicted octanol–water partition coefficient (Wildman–Crippen LogP) is 5.59. The quantitative estimate of drug-likeness (QED) is 0.245. The maximum atomic E-state index is 12.3. The first-order valence-corrected chi connectivity index (χ1v) is 12.3. The number of ketones is 1. The molecule has 2 aromatic rings. The number of anilines is 1. The highest BCUT2D eigenvalue weighted by atomic mass is 16.5. The van der Waals surface area contributed by atoms with Crippen LogP contribution in [0, 0.1) is 5.92 Å². The van der Waals surface area contributed by atoms with Crippen molar-refractivity contribution in [1.82, 2.24) is 0 Å². The van der Waals surface area contributed by atoms with Gasteiger partial charge in [0, 0.05) is 24.3 Å². The molecule has 0 aliphatic heterocycles. The van der Waals surface area contributed by atoms with Crippen LogP contribution < -0.4 is 4.90 Å². The molecule has 0 atom stereocenters. The summed E-state index contributed by atoms with van der Waals surface area (Å²) in [6.45, 7) is 5.49. The second kappa shape index (κ2) is 12.9. The van der Waals surface area contributed by atoms with Gasteiger partial charge in [-0.3, -0.25) is 4.79 Å². The summed E-state index contributed by atoms with van der Waals surface area (Å²) in [6, 6.07) is 14.6. The third-order valence-electron chi connectivity index (χ3n) is 6.30. The highest BCUT2D eigenvalue weighted by Gasteiger charge is 2.19. The summed E-state index contributed by atoms with van der Waals surface area (Å²) in [5.74, 6) is -1.06. The van der Waals surface area contributed by atoms with Gasteiger partial charge in [-0.2, -0.15) is 0 Å². The summed E-state index contributed by atoms with van der Waals surface area (Å²) >= 11 is 0. The highest BCUT2D eigenvalue weighted by molar-refractivity contribution is 6.40. The van der Waals surface area contributed by atoms with Crippen molar-refractivity contribution in [2.45, 2.75) is 58.9 Å². The van der Waals surface area contributed by atoms with Crippen molar-refractivity contribution in [2.75, 3.05) is 24.7 Å². The lowest BCUT2D eigenvalue weighted by Gasteiger charge is -2.29. The molecular weight excluding hydrogens is 430 g/mol. The molecule has 1 fully saturated rings. The number of Topliss-reactive ketones (excluding diaryl/α,β-unsaturated/α-hetero) is 1. The van der Waals surface area contributed by atoms with E-state index in [1.165, 1.54) is 32.1 Å². The van der Waals surface area contributed by atoms with E-state index in [0.29, 0.717) is 24.3 Å². The molecule has 0 saturated heterocycles. The number of benzene rings is 2. The minimum absolute atomic E-state index is 0.170. The largest absolute Gasteiger partial charge is 0.462 e. The van der Waals surface area contributed by atoms with E-state index in [9.17, 15) is 14.4 Å². The Morgan fingerprint density at radius 3 is 2.26 bits per heavy atom. The Balaban J connectivity index is 1.77. The molecule has 0 bridgehead atoms. The van der Waals surface area contributed by atoms with Crippen LogP contribution in [-0.4, -0.2) is 37.5 Å². The number of carbonyl (C=O) groups excluding carboxylic acids is 3. The summed E-state index contributed by atoms with van der Waals surface area (Å²) in [5.41, 5.74) is 2.84. The molecule has 6 nitrogen and oxygen atoms in total. The van der Waals surface area contributed by atoms with Crippen LogP contribution in [0.15, 0.2) is 48.5 Å². The van der Waals surface area contributed by atoms with E-state index in [1.54, 1.807) is 32.0 Å². The van der Waals surface area contributed by atoms with Crippen LogP contribution in [0.3, 0.4) is 0 Å². The fourth-order valence-electron chi connectivity index (χ4n) is 4.45. The Morgan fingerprint density at radius 1 is 0.882 bits per heavy atom. The molecule has 0 spiro atoms. The summed E-state index contributed by atoms with van der Waals surface area (Å²) in [4.78, 5) is 38.5. The van der Waals surface area contributed by atoms with E-state index in [0.717, 1.165) is 30.1 Å². The third-order valence-corrected chi connectivity index (χ3v) is 6.30. The van der Waals surface area contributed by atoms with E-state index in [2.05, 4.69) is 4.90 Å². The number of hydrogen-bond donors (Lipinski definition) is 0. The Bertz CT molecular complexity index is 963. The lowest BCUT2D eigenvalue weighted by molar-refractivity contribution is -0.137. The fraction of sp³-hybridized carbons (Fsp3) is 0.464. The Labute approximate surface area is 202 Å². The second-order valence-corrected chi connectivity index (χ2v) is 8.73. The van der Waals surface area contributed by atoms with Gasteiger partial charge < -0.3 is 14.4 Å². The van der Waals surface area contributed by atoms with Gasteiger partial charge in [-0.1, -0.05) is 62.4 Å². The van der Waals surface area contributed by atoms with Crippen molar-refractivity contribution >= 4 is 23.4 Å². The van der Waals surface area contributed by atoms with Crippen molar-refractivity contribution in [3.63, 3.8) is 0 Å². The van der Waals surface area contributed by atoms with Crippen molar-refractivity contribution in [1.29, 1.82) is 0 Å². The zero-order valence-corrected chi connectivity index (χ0v) is 20.3. The van der Waals surface area contributed by atoms with Gasteiger partial charge in [0.2, 0.25) is 0 Å². The first-order chi connectivity index (χ1) is 16.5. The van der Waals surface area contributed by atoms with Crippen LogP contribution in [0.5, 0.6) is 0 Å². The van der Waals surface area contributed by atoms with Gasteiger partial charge >= 0.3 is 11.9 Å². The minimum atomic E-state index is -0.833. The van der Waals surface area contributed by atoms with E-state index in [4.69, 9.17) is 9.47 Å². The average Bonchev–Trinajstić information content (AvgIpc) is 2.87. The Hall–Kier alpha value is -3.15. The maximum Gasteiger partial charge on any atom is 0.379 e. The van der Waals surface area contributed by atoms with Crippen LogP contribution in [0.1, 0.15) is 78.7 Å². The summed E-state index contributed by atoms with van der Waals surface area (Å²) in [5, 5.41) is 0. The molecule has 0 amide bonds. The van der Waals surface area contributed by atoms with Crippen molar-refractivity contribution in [2.24, 2.45) is 5.92 Å². The van der Waals surface area contributed by atoms with Gasteiger partial charge in [0.25, 0.3) is 5.78 Å². The molecule has 0 N–H and O–H groups in total. The molecule has 0 heterocycles. The van der Waals surface area contributed by atoms with Crippen LogP contribution in [-0.2, 0) is 20.8 Å². The van der Waals surface area contributed by atoms with Crippen molar-refractivity contribution in [3.05, 3.63) is 65.2 Å². The normalized spacial score (nSPS) is 13.8. The lowest BCUT2D eigenvalue weighted by Crippen LogP contribution is -2.26. The van der Waals surface area contributed by atoms with Gasteiger partial charge in [0.1, 0.15) is 0 Å². The molecule has 2 aromatic carbocycles. The first kappa shape index (κ1) is 25.5. The van der Waals surface area contributed by atoms with Crippen LogP contribution >= 0.6 is 0 Å². The highest BCUT2D eigenvalue weighted by Crippen LogP contribution is 2.28. The molecule has 6 heteroatoms. The van der Waals surface area contributed by atoms with Gasteiger partial charge in [-0.15, -0.1) is 0 Å². The standard InChI is InChI=1S/C28H35NO5/c1-3-33-27(31)24-11-8-12-25(19-24)29(18-17-21-9-6-5-7-10-21)20-22-13-15-23(16-14-22)26(30)28(32)34-4-2/h8,11-16,19,21H,3-7,9-10,17-18,20H2,1-2H3. The SMILES string of the molecule is CCOC(=O)C(=O)c1ccc(CN(CCC2CCCCC2)c2cccc(C(=O)OCC)c2)cc1. The number of rotatable bonds is 11. The lowest BCUT2D eigenvalue weighted by atomic mass is 9.87. The van der Waals surface area contributed by atoms with Crippen LogP contribution in [0.25, 0.3) is 0 Å². The van der Waals surface area contributed by atoms with Gasteiger partial charge in [-0.25, -0.2) is 9.59 Å². The number of nitrogens with zero attached hydrogens (tertiary/aromatic N) is 1. The van der Waals surface area contributed by atoms with E-state index >= 15 is 0 Å². The van der Waals surface area contributed by atoms with Gasteiger partial charge in [-0.05, 0) is 49.9 Å². The molecule has 0 unspecified atom stereocenters. The molecule has 182 valence electrons. The van der Waals surface area contributed by atoms with Crippen molar-refractivity contribution < 1.29 is 23.9 Å². The van der Waals surface area contributed by atoms with Crippen LogP contribution in [0.2, 0.25) is 0 Å². The maximum absolute atomic E-state index is 12.3. The molecule has 0 aromatic heterocycles. The summed E-state index contributed by atoms with van der Waals surface area (Å²) in [6.07, 6.45) is 7.60. The number of carbonyl (C=O) groups is 3. The molecule has 1 aliphatic carbocycles. The number of hydrogen-bond acceptors (Lipinski definition) is 6. The second-order valence-electron chi connectivity index (χ2n) is 8.73. The zero-order valence-electron chi connectivity index (χ0n) is 20.3. The summed E-state index contributed by atoms with van der Waals surface area (Å²) < 4.78 is 9.99. The monoisotopic (exact) mass is 465 g/mol. The molecule has 0 radical (unpaired) electrons. The topological polar surface area (TPSA) is 72.9 Å². The van der Waals surface area contributed by atoms with E-state index in [1.807, 2.05) is 30.3 Å². The minimum Gasteiger partial charge on any atom is -0.462 e. The Morgan fingerprint density at radius 2 is 1.59 bits per heavy atom. The first-order valence-electron chi connectivity index (χ1n) is 12.3. The van der Waals surface area contributed by atoms with Gasteiger partial charge in [0.05, 0.1) is 18.8 Å². The molecule has 1 aliphatic rings. The Kier molecular flexibility index (Phi) is 9.68. The molecular formula is C28H35NO5. The number of esters is 2. The molecule has 34 heavy (non-hydrogen) atoms. The third kappa shape index (κ3) is 7.17. The van der Waals surface area contributed by atoms with E-state index < -0.39 is 11.8 Å². The molecule has 1 saturated carbocycles. The van der Waals surface area contributed by atoms with Crippen molar-refractivity contribution in [3.8, 4) is 0 Å². The molecule has 3 rings (SSSR count). The fourth-order valence-corrected chi connectivity index (χ4v) is 4.45. The number of ether oxygens (including phenoxy) is 2. The predicted molar refractivity (Wildman–Crippen MR) is 132 cm³/mol. The van der Waals surface area contributed by atoms with E-state index in [-0.39, 0.29) is 12.6 Å². The van der Waals surface area contributed by atoms with Crippen LogP contribution in [0.4, 0.5) is 5.69 Å². The van der Waals surface area contributed by atoms with Gasteiger partial charge in [0.15, 0.2) is 0 Å². The summed E-state index contributed by atoms with van der Waals surface area (Å²) in [7, 11) is 0.